The van der Waals surface area contributed by atoms with Crippen molar-refractivity contribution >= 4 is 17.4 Å². The van der Waals surface area contributed by atoms with Crippen LogP contribution in [0.2, 0.25) is 5.15 Å². The van der Waals surface area contributed by atoms with Gasteiger partial charge in [-0.25, -0.2) is 4.98 Å². The molecule has 0 radical (unpaired) electrons. The highest BCUT2D eigenvalue weighted by Crippen LogP contribution is 2.32. The summed E-state index contributed by atoms with van der Waals surface area (Å²) >= 11 is 6.37. The monoisotopic (exact) mass is 277 g/mol. The predicted molar refractivity (Wildman–Crippen MR) is 76.5 cm³/mol. The summed E-state index contributed by atoms with van der Waals surface area (Å²) in [6, 6.07) is 9.97. The van der Waals surface area contributed by atoms with Crippen LogP contribution in [-0.2, 0) is 7.05 Å². The zero-order valence-corrected chi connectivity index (χ0v) is 11.5. The highest BCUT2D eigenvalue weighted by atomic mass is 35.5. The van der Waals surface area contributed by atoms with Crippen LogP contribution in [0.5, 0.6) is 0 Å². The predicted octanol–water partition coefficient (Wildman–Crippen LogP) is 2.31. The minimum absolute atomic E-state index is 0.279. The molecule has 1 saturated heterocycles. The molecule has 1 N–H and O–H groups in total. The summed E-state index contributed by atoms with van der Waals surface area (Å²) < 4.78 is 1.89. The van der Waals surface area contributed by atoms with Crippen LogP contribution in [0.15, 0.2) is 30.3 Å². The lowest BCUT2D eigenvalue weighted by Gasteiger charge is -2.14. The van der Waals surface area contributed by atoms with Crippen molar-refractivity contribution in [3.8, 4) is 11.4 Å². The lowest BCUT2D eigenvalue weighted by Crippen LogP contribution is -2.21. The van der Waals surface area contributed by atoms with E-state index in [0.717, 1.165) is 30.2 Å². The molecule has 1 aliphatic heterocycles. The van der Waals surface area contributed by atoms with Crippen molar-refractivity contribution in [2.24, 2.45) is 7.05 Å². The van der Waals surface area contributed by atoms with E-state index in [1.54, 1.807) is 0 Å². The number of hydrogen-bond donors (Lipinski definition) is 1. The number of hydrogen-bond acceptors (Lipinski definition) is 3. The van der Waals surface area contributed by atoms with Gasteiger partial charge in [0, 0.05) is 25.7 Å². The maximum atomic E-state index is 9.63. The van der Waals surface area contributed by atoms with E-state index in [1.807, 2.05) is 46.8 Å². The number of nitrogens with zero attached hydrogens (tertiary/aromatic N) is 3. The van der Waals surface area contributed by atoms with Crippen LogP contribution < -0.4 is 4.90 Å². The molecule has 1 unspecified atom stereocenters. The number of aliphatic hydroxyl groups excluding tert-OH is 1. The third kappa shape index (κ3) is 2.22. The lowest BCUT2D eigenvalue weighted by atomic mass is 10.2. The number of rotatable bonds is 2. The van der Waals surface area contributed by atoms with Gasteiger partial charge < -0.3 is 14.6 Å². The number of imidazole rings is 1. The summed E-state index contributed by atoms with van der Waals surface area (Å²) in [5.41, 5.74) is 1.04. The van der Waals surface area contributed by atoms with Gasteiger partial charge in [-0.05, 0) is 6.42 Å². The molecule has 1 aromatic heterocycles. The second kappa shape index (κ2) is 4.87. The summed E-state index contributed by atoms with van der Waals surface area (Å²) in [4.78, 5) is 6.68. The Kier molecular flexibility index (Phi) is 3.21. The van der Waals surface area contributed by atoms with Crippen molar-refractivity contribution in [1.82, 2.24) is 9.55 Å². The molecule has 2 aromatic rings. The number of halogens is 1. The van der Waals surface area contributed by atoms with Crippen LogP contribution >= 0.6 is 11.6 Å². The van der Waals surface area contributed by atoms with Gasteiger partial charge >= 0.3 is 0 Å². The van der Waals surface area contributed by atoms with Crippen LogP contribution in [0.3, 0.4) is 0 Å². The smallest absolute Gasteiger partial charge is 0.167 e. The largest absolute Gasteiger partial charge is 0.391 e. The van der Waals surface area contributed by atoms with E-state index in [2.05, 4.69) is 4.98 Å². The first-order valence-corrected chi connectivity index (χ1v) is 6.75. The van der Waals surface area contributed by atoms with Crippen molar-refractivity contribution in [2.75, 3.05) is 18.0 Å². The van der Waals surface area contributed by atoms with E-state index >= 15 is 0 Å². The average Bonchev–Trinajstić information content (AvgIpc) is 2.97. The van der Waals surface area contributed by atoms with Crippen LogP contribution in [0.4, 0.5) is 5.82 Å². The third-order valence-electron chi connectivity index (χ3n) is 3.50. The highest BCUT2D eigenvalue weighted by molar-refractivity contribution is 6.32. The molecule has 19 heavy (non-hydrogen) atoms. The summed E-state index contributed by atoms with van der Waals surface area (Å²) in [7, 11) is 1.91. The summed E-state index contributed by atoms with van der Waals surface area (Å²) in [5.74, 6) is 1.61. The van der Waals surface area contributed by atoms with E-state index < -0.39 is 0 Å². The molecule has 0 bridgehead atoms. The molecule has 1 aliphatic rings. The molecule has 100 valence electrons. The van der Waals surface area contributed by atoms with Crippen molar-refractivity contribution in [3.05, 3.63) is 35.5 Å². The van der Waals surface area contributed by atoms with E-state index in [9.17, 15) is 5.11 Å². The summed E-state index contributed by atoms with van der Waals surface area (Å²) in [6.07, 6.45) is 0.492. The Morgan fingerprint density at radius 1 is 1.32 bits per heavy atom. The van der Waals surface area contributed by atoms with Gasteiger partial charge in [0.05, 0.1) is 6.10 Å². The van der Waals surface area contributed by atoms with Crippen molar-refractivity contribution in [3.63, 3.8) is 0 Å². The highest BCUT2D eigenvalue weighted by Gasteiger charge is 2.26. The van der Waals surface area contributed by atoms with E-state index in [1.165, 1.54) is 0 Å². The fourth-order valence-corrected chi connectivity index (χ4v) is 2.69. The minimum Gasteiger partial charge on any atom is -0.391 e. The molecule has 0 saturated carbocycles. The zero-order valence-electron chi connectivity index (χ0n) is 10.8. The second-order valence-electron chi connectivity index (χ2n) is 4.86. The van der Waals surface area contributed by atoms with Gasteiger partial charge in [-0.2, -0.15) is 0 Å². The molecule has 0 aliphatic carbocycles. The molecular weight excluding hydrogens is 262 g/mol. The molecule has 1 aromatic carbocycles. The van der Waals surface area contributed by atoms with Gasteiger partial charge in [0.1, 0.15) is 5.82 Å². The van der Waals surface area contributed by atoms with Crippen LogP contribution in [-0.4, -0.2) is 33.9 Å². The lowest BCUT2D eigenvalue weighted by molar-refractivity contribution is 0.198. The SMILES string of the molecule is Cn1c(-c2ccccc2)nc(N2CCC(O)C2)c1Cl. The Labute approximate surface area is 117 Å². The number of aliphatic hydroxyl groups is 1. The van der Waals surface area contributed by atoms with Gasteiger partial charge in [0.15, 0.2) is 11.0 Å². The number of anilines is 1. The average molecular weight is 278 g/mol. The molecule has 2 heterocycles. The Hall–Kier alpha value is -1.52. The Bertz CT molecular complexity index is 582. The summed E-state index contributed by atoms with van der Waals surface area (Å²) in [6.45, 7) is 1.40. The van der Waals surface area contributed by atoms with Crippen LogP contribution in [0.1, 0.15) is 6.42 Å². The van der Waals surface area contributed by atoms with Gasteiger partial charge in [-0.3, -0.25) is 0 Å². The molecule has 5 heteroatoms. The van der Waals surface area contributed by atoms with Gasteiger partial charge in [0.25, 0.3) is 0 Å². The maximum Gasteiger partial charge on any atom is 0.167 e. The number of benzene rings is 1. The Balaban J connectivity index is 2.00. The third-order valence-corrected chi connectivity index (χ3v) is 3.93. The maximum absolute atomic E-state index is 9.63. The first kappa shape index (κ1) is 12.5. The van der Waals surface area contributed by atoms with E-state index in [-0.39, 0.29) is 6.10 Å². The van der Waals surface area contributed by atoms with Gasteiger partial charge in [-0.15, -0.1) is 0 Å². The Morgan fingerprint density at radius 2 is 2.05 bits per heavy atom. The fraction of sp³-hybridized carbons (Fsp3) is 0.357. The standard InChI is InChI=1S/C14H16ClN3O/c1-17-12(15)14(18-8-7-11(19)9-18)16-13(17)10-5-3-2-4-6-10/h2-6,11,19H,7-9H2,1H3. The van der Waals surface area contributed by atoms with Crippen molar-refractivity contribution in [2.45, 2.75) is 12.5 Å². The zero-order chi connectivity index (χ0) is 13.4. The molecule has 1 fully saturated rings. The first-order valence-electron chi connectivity index (χ1n) is 6.37. The number of β-amino-alcohol motifs (C(OH)–C–C–N with tert-alkyl or cyclic N) is 1. The van der Waals surface area contributed by atoms with Crippen LogP contribution in [0, 0.1) is 0 Å². The van der Waals surface area contributed by atoms with Gasteiger partial charge in [-0.1, -0.05) is 41.9 Å². The van der Waals surface area contributed by atoms with Crippen molar-refractivity contribution in [1.29, 1.82) is 0 Å². The fourth-order valence-electron chi connectivity index (χ4n) is 2.45. The quantitative estimate of drug-likeness (QED) is 0.916. The molecule has 0 spiro atoms. The molecule has 4 nitrogen and oxygen atoms in total. The molecule has 3 rings (SSSR count). The normalized spacial score (nSPS) is 19.1. The second-order valence-corrected chi connectivity index (χ2v) is 5.22. The molecule has 0 amide bonds. The number of aromatic nitrogens is 2. The first-order chi connectivity index (χ1) is 9.16. The molecular formula is C14H16ClN3O. The van der Waals surface area contributed by atoms with Crippen molar-refractivity contribution < 1.29 is 5.11 Å². The topological polar surface area (TPSA) is 41.3 Å². The molecule has 1 atom stereocenters. The minimum atomic E-state index is -0.279. The Morgan fingerprint density at radius 3 is 2.68 bits per heavy atom. The van der Waals surface area contributed by atoms with Gasteiger partial charge in [0.2, 0.25) is 0 Å². The van der Waals surface area contributed by atoms with E-state index in [0.29, 0.717) is 11.7 Å². The van der Waals surface area contributed by atoms with Crippen LogP contribution in [0.25, 0.3) is 11.4 Å². The summed E-state index contributed by atoms with van der Waals surface area (Å²) in [5, 5.41) is 10.2. The van der Waals surface area contributed by atoms with E-state index in [4.69, 9.17) is 11.6 Å².